The lowest BCUT2D eigenvalue weighted by atomic mass is 10.0. The maximum absolute atomic E-state index is 9.14. The first kappa shape index (κ1) is 12.4. The summed E-state index contributed by atoms with van der Waals surface area (Å²) >= 11 is 0. The minimum atomic E-state index is -1.29. The van der Waals surface area contributed by atoms with Crippen LogP contribution >= 0.6 is 0 Å². The molecule has 92 valence electrons. The second-order valence-electron chi connectivity index (χ2n) is 3.70. The summed E-state index contributed by atoms with van der Waals surface area (Å²) in [4.78, 5) is 4.53. The van der Waals surface area contributed by atoms with E-state index in [9.17, 15) is 0 Å². The maximum atomic E-state index is 9.14. The molecule has 1 N–H and O–H groups in total. The molecule has 3 nitrogen and oxygen atoms in total. The SMILES string of the molecule is OOC12C=CC=CC=CC=CC=CC1=CC=CO2. The predicted octanol–water partition coefficient (Wildman–Crippen LogP) is 3.44. The van der Waals surface area contributed by atoms with Crippen LogP contribution in [0, 0.1) is 0 Å². The van der Waals surface area contributed by atoms with E-state index in [2.05, 4.69) is 4.89 Å². The van der Waals surface area contributed by atoms with E-state index in [-0.39, 0.29) is 0 Å². The van der Waals surface area contributed by atoms with Crippen molar-refractivity contribution in [2.75, 3.05) is 0 Å². The van der Waals surface area contributed by atoms with Crippen LogP contribution in [0.3, 0.4) is 0 Å². The molecule has 1 unspecified atom stereocenters. The Balaban J connectivity index is 2.41. The van der Waals surface area contributed by atoms with Crippen molar-refractivity contribution in [1.29, 1.82) is 0 Å². The Morgan fingerprint density at radius 1 is 0.889 bits per heavy atom. The molecule has 1 aliphatic heterocycles. The van der Waals surface area contributed by atoms with Gasteiger partial charge in [-0.15, -0.1) is 0 Å². The number of ether oxygens (including phenoxy) is 1. The van der Waals surface area contributed by atoms with Crippen LogP contribution in [0.15, 0.2) is 84.7 Å². The molecule has 1 aliphatic carbocycles. The third kappa shape index (κ3) is 2.77. The largest absolute Gasteiger partial charge is 0.460 e. The number of fused-ring (bicyclic) bond motifs is 1. The monoisotopic (exact) mass is 242 g/mol. The van der Waals surface area contributed by atoms with Gasteiger partial charge in [0.1, 0.15) is 0 Å². The fourth-order valence-corrected chi connectivity index (χ4v) is 1.61. The van der Waals surface area contributed by atoms with Crippen molar-refractivity contribution in [2.24, 2.45) is 0 Å². The lowest BCUT2D eigenvalue weighted by Gasteiger charge is -2.29. The Morgan fingerprint density at radius 2 is 1.56 bits per heavy atom. The summed E-state index contributed by atoms with van der Waals surface area (Å²) in [6, 6.07) is 0. The zero-order chi connectivity index (χ0) is 12.7. The Bertz CT molecular complexity index is 490. The average Bonchev–Trinajstić information content (AvgIpc) is 2.40. The highest BCUT2D eigenvalue weighted by Gasteiger charge is 2.34. The fraction of sp³-hybridized carbons (Fsp3) is 0.0667. The fourth-order valence-electron chi connectivity index (χ4n) is 1.61. The van der Waals surface area contributed by atoms with Gasteiger partial charge < -0.3 is 4.74 Å². The topological polar surface area (TPSA) is 38.7 Å². The average molecular weight is 242 g/mol. The molecule has 0 fully saturated rings. The van der Waals surface area contributed by atoms with Crippen molar-refractivity contribution in [3.8, 4) is 0 Å². The summed E-state index contributed by atoms with van der Waals surface area (Å²) < 4.78 is 5.39. The molecule has 0 aromatic heterocycles. The molecule has 1 atom stereocenters. The van der Waals surface area contributed by atoms with Gasteiger partial charge in [-0.05, 0) is 18.2 Å². The minimum absolute atomic E-state index is 0.700. The van der Waals surface area contributed by atoms with Crippen molar-refractivity contribution in [1.82, 2.24) is 0 Å². The van der Waals surface area contributed by atoms with E-state index >= 15 is 0 Å². The van der Waals surface area contributed by atoms with Gasteiger partial charge in [0.05, 0.1) is 6.26 Å². The zero-order valence-electron chi connectivity index (χ0n) is 9.77. The molecule has 0 radical (unpaired) electrons. The van der Waals surface area contributed by atoms with Gasteiger partial charge in [0.2, 0.25) is 0 Å². The first-order valence-electron chi connectivity index (χ1n) is 5.61. The summed E-state index contributed by atoms with van der Waals surface area (Å²) in [5, 5.41) is 9.14. The molecule has 0 saturated carbocycles. The van der Waals surface area contributed by atoms with E-state index in [0.717, 1.165) is 0 Å². The van der Waals surface area contributed by atoms with E-state index in [4.69, 9.17) is 9.99 Å². The normalized spacial score (nSPS) is 25.9. The number of allylic oxidation sites excluding steroid dienone is 10. The quantitative estimate of drug-likeness (QED) is 0.565. The first-order chi connectivity index (χ1) is 8.87. The standard InChI is InChI=1S/C15H14O3/c16-18-15-12-8-6-4-2-1-3-5-7-10-14(15)11-9-13-17-15/h1-13,16H. The van der Waals surface area contributed by atoms with Gasteiger partial charge in [0.25, 0.3) is 5.79 Å². The molecule has 0 bridgehead atoms. The molecule has 2 rings (SSSR count). The highest BCUT2D eigenvalue weighted by molar-refractivity contribution is 5.39. The van der Waals surface area contributed by atoms with Crippen molar-refractivity contribution in [2.45, 2.75) is 5.79 Å². The lowest BCUT2D eigenvalue weighted by Crippen LogP contribution is -2.34. The molecule has 0 spiro atoms. The highest BCUT2D eigenvalue weighted by atomic mass is 17.1. The van der Waals surface area contributed by atoms with Crippen molar-refractivity contribution < 1.29 is 14.9 Å². The summed E-state index contributed by atoms with van der Waals surface area (Å²) in [5.41, 5.74) is 0.700. The van der Waals surface area contributed by atoms with Gasteiger partial charge >= 0.3 is 0 Å². The van der Waals surface area contributed by atoms with Gasteiger partial charge in [-0.25, -0.2) is 5.26 Å². The van der Waals surface area contributed by atoms with Gasteiger partial charge in [-0.1, -0.05) is 54.7 Å². The smallest absolute Gasteiger partial charge is 0.285 e. The molecule has 1 heterocycles. The van der Waals surface area contributed by atoms with Crippen LogP contribution in [0.5, 0.6) is 0 Å². The highest BCUT2D eigenvalue weighted by Crippen LogP contribution is 2.29. The molecule has 3 heteroatoms. The van der Waals surface area contributed by atoms with Crippen LogP contribution < -0.4 is 0 Å². The number of hydrogen-bond donors (Lipinski definition) is 1. The lowest BCUT2D eigenvalue weighted by molar-refractivity contribution is -0.357. The molecular formula is C15H14O3. The Labute approximate surface area is 106 Å². The van der Waals surface area contributed by atoms with Gasteiger partial charge in [0, 0.05) is 5.57 Å². The Hall–Kier alpha value is -2.10. The number of rotatable bonds is 1. The van der Waals surface area contributed by atoms with Crippen LogP contribution in [0.1, 0.15) is 0 Å². The third-order valence-electron chi connectivity index (χ3n) is 2.50. The molecule has 0 amide bonds. The van der Waals surface area contributed by atoms with E-state index in [1.165, 1.54) is 6.26 Å². The first-order valence-corrected chi connectivity index (χ1v) is 5.61. The minimum Gasteiger partial charge on any atom is -0.460 e. The van der Waals surface area contributed by atoms with Crippen molar-refractivity contribution in [3.63, 3.8) is 0 Å². The van der Waals surface area contributed by atoms with Crippen LogP contribution in [0.4, 0.5) is 0 Å². The molecule has 0 aromatic carbocycles. The van der Waals surface area contributed by atoms with Crippen LogP contribution in [0.25, 0.3) is 0 Å². The molecule has 0 aromatic rings. The number of hydrogen-bond acceptors (Lipinski definition) is 3. The Kier molecular flexibility index (Phi) is 4.12. The van der Waals surface area contributed by atoms with Gasteiger partial charge in [0.15, 0.2) is 0 Å². The van der Waals surface area contributed by atoms with Gasteiger partial charge in [-0.2, -0.15) is 4.89 Å². The van der Waals surface area contributed by atoms with Gasteiger partial charge in [-0.3, -0.25) is 0 Å². The maximum Gasteiger partial charge on any atom is 0.285 e. The second kappa shape index (κ2) is 6.00. The van der Waals surface area contributed by atoms with Crippen LogP contribution in [-0.4, -0.2) is 11.0 Å². The summed E-state index contributed by atoms with van der Waals surface area (Å²) in [5.74, 6) is -1.29. The molecule has 18 heavy (non-hydrogen) atoms. The zero-order valence-corrected chi connectivity index (χ0v) is 9.77. The molecule has 2 aliphatic rings. The Morgan fingerprint density at radius 3 is 2.28 bits per heavy atom. The summed E-state index contributed by atoms with van der Waals surface area (Å²) in [6.07, 6.45) is 23.4. The second-order valence-corrected chi connectivity index (χ2v) is 3.70. The third-order valence-corrected chi connectivity index (χ3v) is 2.50. The van der Waals surface area contributed by atoms with E-state index in [0.29, 0.717) is 5.57 Å². The van der Waals surface area contributed by atoms with Crippen LogP contribution in [0.2, 0.25) is 0 Å². The predicted molar refractivity (Wildman–Crippen MR) is 70.5 cm³/mol. The molecular weight excluding hydrogens is 228 g/mol. The summed E-state index contributed by atoms with van der Waals surface area (Å²) in [7, 11) is 0. The van der Waals surface area contributed by atoms with Crippen molar-refractivity contribution >= 4 is 0 Å². The van der Waals surface area contributed by atoms with E-state index < -0.39 is 5.79 Å². The van der Waals surface area contributed by atoms with Crippen LogP contribution in [-0.2, 0) is 9.62 Å². The van der Waals surface area contributed by atoms with E-state index in [1.54, 1.807) is 18.2 Å². The van der Waals surface area contributed by atoms with E-state index in [1.807, 2.05) is 54.7 Å². The van der Waals surface area contributed by atoms with Crippen molar-refractivity contribution in [3.05, 3.63) is 84.7 Å². The summed E-state index contributed by atoms with van der Waals surface area (Å²) in [6.45, 7) is 0. The molecule has 0 saturated heterocycles.